The quantitative estimate of drug-likeness (QED) is 0.678. The van der Waals surface area contributed by atoms with Gasteiger partial charge in [-0.25, -0.2) is 9.97 Å². The van der Waals surface area contributed by atoms with E-state index in [1.165, 1.54) is 6.39 Å². The van der Waals surface area contributed by atoms with E-state index < -0.39 is 0 Å². The molecule has 0 saturated carbocycles. The van der Waals surface area contributed by atoms with E-state index in [0.29, 0.717) is 0 Å². The third-order valence-electron chi connectivity index (χ3n) is 2.53. The van der Waals surface area contributed by atoms with Gasteiger partial charge in [0.25, 0.3) is 0 Å². The number of H-pyrrole nitrogens is 1. The van der Waals surface area contributed by atoms with Crippen LogP contribution in [-0.2, 0) is 0 Å². The SMILES string of the molecule is NC(c1ccc2ncoc2c1)c1ncc[nH]1. The van der Waals surface area contributed by atoms with Crippen molar-refractivity contribution in [2.24, 2.45) is 5.73 Å². The minimum atomic E-state index is -0.274. The Hall–Kier alpha value is -2.14. The van der Waals surface area contributed by atoms with Gasteiger partial charge in [-0.2, -0.15) is 0 Å². The summed E-state index contributed by atoms with van der Waals surface area (Å²) in [7, 11) is 0. The van der Waals surface area contributed by atoms with Gasteiger partial charge in [-0.05, 0) is 17.7 Å². The monoisotopic (exact) mass is 214 g/mol. The third-order valence-corrected chi connectivity index (χ3v) is 2.53. The molecule has 3 N–H and O–H groups in total. The highest BCUT2D eigenvalue weighted by Gasteiger charge is 2.12. The van der Waals surface area contributed by atoms with Crippen molar-refractivity contribution in [3.8, 4) is 0 Å². The zero-order valence-electron chi connectivity index (χ0n) is 8.42. The number of rotatable bonds is 2. The van der Waals surface area contributed by atoms with Crippen molar-refractivity contribution < 1.29 is 4.42 Å². The van der Waals surface area contributed by atoms with Crippen molar-refractivity contribution in [3.63, 3.8) is 0 Å². The van der Waals surface area contributed by atoms with E-state index in [1.807, 2.05) is 18.2 Å². The molecule has 0 radical (unpaired) electrons. The largest absolute Gasteiger partial charge is 0.443 e. The van der Waals surface area contributed by atoms with Crippen LogP contribution in [0.3, 0.4) is 0 Å². The van der Waals surface area contributed by atoms with E-state index in [2.05, 4.69) is 15.0 Å². The number of nitrogens with one attached hydrogen (secondary N) is 1. The van der Waals surface area contributed by atoms with Gasteiger partial charge in [0.2, 0.25) is 0 Å². The molecule has 1 aromatic carbocycles. The maximum absolute atomic E-state index is 6.06. The zero-order chi connectivity index (χ0) is 11.0. The molecule has 1 unspecified atom stereocenters. The van der Waals surface area contributed by atoms with Gasteiger partial charge in [-0.15, -0.1) is 0 Å². The van der Waals surface area contributed by atoms with Crippen LogP contribution >= 0.6 is 0 Å². The van der Waals surface area contributed by atoms with Crippen LogP contribution in [0.2, 0.25) is 0 Å². The van der Waals surface area contributed by atoms with Crippen molar-refractivity contribution >= 4 is 11.1 Å². The Balaban J connectivity index is 2.05. The van der Waals surface area contributed by atoms with Crippen molar-refractivity contribution in [1.82, 2.24) is 15.0 Å². The van der Waals surface area contributed by atoms with Gasteiger partial charge in [0.05, 0.1) is 6.04 Å². The smallest absolute Gasteiger partial charge is 0.181 e. The predicted octanol–water partition coefficient (Wildman–Crippen LogP) is 1.60. The highest BCUT2D eigenvalue weighted by molar-refractivity contribution is 5.73. The molecule has 3 aromatic rings. The number of benzene rings is 1. The Kier molecular flexibility index (Phi) is 1.97. The number of aromatic nitrogens is 3. The van der Waals surface area contributed by atoms with E-state index in [9.17, 15) is 0 Å². The number of hydrogen-bond acceptors (Lipinski definition) is 4. The van der Waals surface area contributed by atoms with Gasteiger partial charge in [-0.1, -0.05) is 6.07 Å². The van der Waals surface area contributed by atoms with Gasteiger partial charge >= 0.3 is 0 Å². The molecule has 0 bridgehead atoms. The number of nitrogens with two attached hydrogens (primary N) is 1. The Morgan fingerprint density at radius 3 is 3.06 bits per heavy atom. The Labute approximate surface area is 91.3 Å². The zero-order valence-corrected chi connectivity index (χ0v) is 8.42. The Morgan fingerprint density at radius 2 is 2.25 bits per heavy atom. The van der Waals surface area contributed by atoms with Gasteiger partial charge in [0, 0.05) is 12.4 Å². The highest BCUT2D eigenvalue weighted by Crippen LogP contribution is 2.21. The summed E-state index contributed by atoms with van der Waals surface area (Å²) in [6, 6.07) is 5.43. The molecule has 3 rings (SSSR count). The second-order valence-electron chi connectivity index (χ2n) is 3.53. The van der Waals surface area contributed by atoms with Crippen LogP contribution in [0.5, 0.6) is 0 Å². The molecule has 2 heterocycles. The number of imidazole rings is 1. The molecule has 16 heavy (non-hydrogen) atoms. The lowest BCUT2D eigenvalue weighted by atomic mass is 10.1. The van der Waals surface area contributed by atoms with Crippen LogP contribution in [0, 0.1) is 0 Å². The number of oxazole rings is 1. The molecule has 2 aromatic heterocycles. The minimum absolute atomic E-state index is 0.274. The van der Waals surface area contributed by atoms with Gasteiger partial charge in [0.1, 0.15) is 11.3 Å². The number of hydrogen-bond donors (Lipinski definition) is 2. The summed E-state index contributed by atoms with van der Waals surface area (Å²) in [6.45, 7) is 0. The molecule has 0 aliphatic carbocycles. The fourth-order valence-electron chi connectivity index (χ4n) is 1.67. The van der Waals surface area contributed by atoms with E-state index in [1.54, 1.807) is 12.4 Å². The average Bonchev–Trinajstić information content (AvgIpc) is 2.98. The summed E-state index contributed by atoms with van der Waals surface area (Å²) in [5.74, 6) is 0.735. The van der Waals surface area contributed by atoms with Crippen LogP contribution in [0.25, 0.3) is 11.1 Å². The number of fused-ring (bicyclic) bond motifs is 1. The maximum atomic E-state index is 6.06. The molecule has 0 saturated heterocycles. The normalized spacial score (nSPS) is 13.1. The molecular weight excluding hydrogens is 204 g/mol. The van der Waals surface area contributed by atoms with Crippen LogP contribution in [0.15, 0.2) is 41.4 Å². The first-order valence-corrected chi connectivity index (χ1v) is 4.92. The Morgan fingerprint density at radius 1 is 1.31 bits per heavy atom. The van der Waals surface area contributed by atoms with Crippen molar-refractivity contribution in [1.29, 1.82) is 0 Å². The molecule has 80 valence electrons. The summed E-state index contributed by atoms with van der Waals surface area (Å²) in [4.78, 5) is 11.2. The van der Waals surface area contributed by atoms with E-state index in [-0.39, 0.29) is 6.04 Å². The highest BCUT2D eigenvalue weighted by atomic mass is 16.3. The van der Waals surface area contributed by atoms with Crippen LogP contribution < -0.4 is 5.73 Å². The van der Waals surface area contributed by atoms with Gasteiger partial charge in [0.15, 0.2) is 12.0 Å². The lowest BCUT2D eigenvalue weighted by Crippen LogP contribution is -2.13. The van der Waals surface area contributed by atoms with Gasteiger partial charge in [-0.3, -0.25) is 0 Å². The molecule has 0 aliphatic rings. The van der Waals surface area contributed by atoms with Crippen LogP contribution in [0.4, 0.5) is 0 Å². The lowest BCUT2D eigenvalue weighted by Gasteiger charge is -2.08. The summed E-state index contributed by atoms with van der Waals surface area (Å²) < 4.78 is 5.23. The fraction of sp³-hybridized carbons (Fsp3) is 0.0909. The molecule has 5 nitrogen and oxygen atoms in total. The summed E-state index contributed by atoms with van der Waals surface area (Å²) in [5, 5.41) is 0. The van der Waals surface area contributed by atoms with Gasteiger partial charge < -0.3 is 15.1 Å². The molecule has 0 fully saturated rings. The average molecular weight is 214 g/mol. The summed E-state index contributed by atoms with van der Waals surface area (Å²) in [5.41, 5.74) is 8.57. The van der Waals surface area contributed by atoms with E-state index in [4.69, 9.17) is 10.2 Å². The molecule has 0 aliphatic heterocycles. The molecule has 0 spiro atoms. The summed E-state index contributed by atoms with van der Waals surface area (Å²) in [6.07, 6.45) is 4.86. The van der Waals surface area contributed by atoms with Crippen molar-refractivity contribution in [2.75, 3.05) is 0 Å². The lowest BCUT2D eigenvalue weighted by molar-refractivity contribution is 0.601. The predicted molar refractivity (Wildman–Crippen MR) is 58.6 cm³/mol. The second kappa shape index (κ2) is 3.46. The van der Waals surface area contributed by atoms with E-state index >= 15 is 0 Å². The fourth-order valence-corrected chi connectivity index (χ4v) is 1.67. The number of nitrogens with zero attached hydrogens (tertiary/aromatic N) is 2. The first-order chi connectivity index (χ1) is 7.84. The van der Waals surface area contributed by atoms with Crippen molar-refractivity contribution in [2.45, 2.75) is 6.04 Å². The van der Waals surface area contributed by atoms with Crippen LogP contribution in [-0.4, -0.2) is 15.0 Å². The molecular formula is C11H10N4O. The van der Waals surface area contributed by atoms with Crippen molar-refractivity contribution in [3.05, 3.63) is 48.4 Å². The molecule has 1 atom stereocenters. The van der Waals surface area contributed by atoms with Crippen LogP contribution in [0.1, 0.15) is 17.4 Å². The first-order valence-electron chi connectivity index (χ1n) is 4.92. The maximum Gasteiger partial charge on any atom is 0.181 e. The topological polar surface area (TPSA) is 80.7 Å². The standard InChI is InChI=1S/C11H10N4O/c12-10(11-13-3-4-14-11)7-1-2-8-9(5-7)16-6-15-8/h1-6,10H,12H2,(H,13,14). The first kappa shape index (κ1) is 9.11. The second-order valence-corrected chi connectivity index (χ2v) is 3.53. The Bertz CT molecular complexity index is 599. The van der Waals surface area contributed by atoms with E-state index in [0.717, 1.165) is 22.5 Å². The molecule has 0 amide bonds. The molecule has 5 heteroatoms. The number of aromatic amines is 1. The minimum Gasteiger partial charge on any atom is -0.443 e. The summed E-state index contributed by atoms with van der Waals surface area (Å²) >= 11 is 0. The third kappa shape index (κ3) is 1.38.